The molecule has 224 valence electrons. The summed E-state index contributed by atoms with van der Waals surface area (Å²) >= 11 is 6.22. The number of hydrogen-bond donors (Lipinski definition) is 1. The van der Waals surface area contributed by atoms with E-state index in [-0.39, 0.29) is 50.8 Å². The van der Waals surface area contributed by atoms with Crippen LogP contribution >= 0.6 is 11.6 Å². The highest BCUT2D eigenvalue weighted by Gasteiger charge is 2.30. The molecule has 1 heterocycles. The van der Waals surface area contributed by atoms with Crippen molar-refractivity contribution in [1.29, 1.82) is 5.26 Å². The molecule has 1 N–H and O–H groups in total. The van der Waals surface area contributed by atoms with Crippen LogP contribution in [0.1, 0.15) is 40.2 Å². The lowest BCUT2D eigenvalue weighted by atomic mass is 10.2. The first-order valence-corrected chi connectivity index (χ1v) is 13.6. The van der Waals surface area contributed by atoms with Crippen LogP contribution < -0.4 is 10.2 Å². The van der Waals surface area contributed by atoms with Gasteiger partial charge in [0.1, 0.15) is 31.6 Å². The van der Waals surface area contributed by atoms with E-state index in [0.29, 0.717) is 11.8 Å². The molecule has 0 bridgehead atoms. The third kappa shape index (κ3) is 10.2. The summed E-state index contributed by atoms with van der Waals surface area (Å²) in [4.78, 5) is 60.0. The van der Waals surface area contributed by atoms with Crippen molar-refractivity contribution in [3.8, 4) is 6.07 Å². The number of amides is 1. The molecule has 0 aliphatic heterocycles. The molecule has 1 atom stereocenters. The predicted molar refractivity (Wildman–Crippen MR) is 155 cm³/mol. The Kier molecular flexibility index (Phi) is 13.0. The number of carbonyl (C=O) groups excluding carboxylic acids is 4. The lowest BCUT2D eigenvalue weighted by Crippen LogP contribution is -2.44. The lowest BCUT2D eigenvalue weighted by molar-refractivity contribution is -0.153. The number of nitrogens with zero attached hydrogens (tertiary/aromatic N) is 4. The third-order valence-electron chi connectivity index (χ3n) is 5.96. The largest absolute Gasteiger partial charge is 0.461 e. The van der Waals surface area contributed by atoms with Crippen molar-refractivity contribution in [1.82, 2.24) is 15.3 Å². The van der Waals surface area contributed by atoms with Crippen molar-refractivity contribution in [2.75, 3.05) is 31.7 Å². The Labute approximate surface area is 253 Å². The van der Waals surface area contributed by atoms with Crippen molar-refractivity contribution in [3.05, 3.63) is 88.3 Å². The van der Waals surface area contributed by atoms with Crippen molar-refractivity contribution >= 4 is 41.6 Å². The minimum absolute atomic E-state index is 0.00132. The topological polar surface area (TPSA) is 161 Å². The van der Waals surface area contributed by atoms with Crippen molar-refractivity contribution in [2.24, 2.45) is 0 Å². The normalized spacial score (nSPS) is 11.1. The standard InChI is InChI=1S/C30H30ClN5O7/c1-41-16-14-36(13-8-15-37)28-24(18-32)33-27(31)26(35-28)29(39)34-23(30(40)43-20-22-11-6-3-7-12-22)17-25(38)42-19-21-9-4-2-5-10-21/h2-7,9-12,15,23H,8,13-14,16-17,19-20H2,1H3,(H,34,39)/t23-/m1/s1. The summed E-state index contributed by atoms with van der Waals surface area (Å²) in [7, 11) is 1.48. The number of aldehydes is 1. The summed E-state index contributed by atoms with van der Waals surface area (Å²) in [5, 5.41) is 11.7. The zero-order valence-electron chi connectivity index (χ0n) is 23.4. The highest BCUT2D eigenvalue weighted by Crippen LogP contribution is 2.22. The molecule has 43 heavy (non-hydrogen) atoms. The first-order chi connectivity index (χ1) is 20.9. The van der Waals surface area contributed by atoms with Gasteiger partial charge in [-0.1, -0.05) is 72.3 Å². The van der Waals surface area contributed by atoms with E-state index < -0.39 is 41.2 Å². The molecule has 3 aromatic rings. The van der Waals surface area contributed by atoms with Gasteiger partial charge in [0.05, 0.1) is 13.0 Å². The molecule has 0 radical (unpaired) electrons. The van der Waals surface area contributed by atoms with Gasteiger partial charge in [-0.3, -0.25) is 9.59 Å². The molecule has 13 heteroatoms. The van der Waals surface area contributed by atoms with Crippen LogP contribution in [-0.2, 0) is 41.8 Å². The quantitative estimate of drug-likeness (QED) is 0.188. The Bertz CT molecular complexity index is 1430. The Morgan fingerprint density at radius 1 is 1.00 bits per heavy atom. The molecule has 1 amide bonds. The molecule has 0 aliphatic carbocycles. The number of methoxy groups -OCH3 is 1. The van der Waals surface area contributed by atoms with E-state index in [4.69, 9.17) is 25.8 Å². The Morgan fingerprint density at radius 2 is 1.63 bits per heavy atom. The number of nitrogens with one attached hydrogen (secondary N) is 1. The number of esters is 2. The van der Waals surface area contributed by atoms with E-state index in [1.807, 2.05) is 18.2 Å². The van der Waals surface area contributed by atoms with Gasteiger partial charge in [0.25, 0.3) is 5.91 Å². The highest BCUT2D eigenvalue weighted by atomic mass is 35.5. The van der Waals surface area contributed by atoms with Crippen LogP contribution in [0.4, 0.5) is 5.82 Å². The molecular formula is C30H30ClN5O7. The number of rotatable bonds is 16. The van der Waals surface area contributed by atoms with Gasteiger partial charge in [-0.25, -0.2) is 14.8 Å². The number of carbonyl (C=O) groups is 4. The predicted octanol–water partition coefficient (Wildman–Crippen LogP) is 3.02. The van der Waals surface area contributed by atoms with Crippen LogP contribution in [0.5, 0.6) is 0 Å². The maximum atomic E-state index is 13.4. The van der Waals surface area contributed by atoms with Crippen LogP contribution in [0, 0.1) is 11.3 Å². The van der Waals surface area contributed by atoms with Gasteiger partial charge in [-0.05, 0) is 11.1 Å². The van der Waals surface area contributed by atoms with Gasteiger partial charge in [-0.15, -0.1) is 0 Å². The van der Waals surface area contributed by atoms with Crippen molar-refractivity contribution in [3.63, 3.8) is 0 Å². The number of ether oxygens (including phenoxy) is 3. The molecule has 12 nitrogen and oxygen atoms in total. The first-order valence-electron chi connectivity index (χ1n) is 13.2. The molecule has 2 aromatic carbocycles. The smallest absolute Gasteiger partial charge is 0.329 e. The fraction of sp³-hybridized carbons (Fsp3) is 0.300. The van der Waals surface area contributed by atoms with Crippen LogP contribution in [0.25, 0.3) is 0 Å². The van der Waals surface area contributed by atoms with E-state index in [9.17, 15) is 24.4 Å². The molecule has 0 saturated carbocycles. The second-order valence-corrected chi connectivity index (χ2v) is 9.41. The van der Waals surface area contributed by atoms with E-state index in [1.54, 1.807) is 53.4 Å². The summed E-state index contributed by atoms with van der Waals surface area (Å²) in [5.41, 5.74) is 0.863. The molecule has 0 aliphatic rings. The number of nitriles is 1. The molecule has 0 unspecified atom stereocenters. The van der Waals surface area contributed by atoms with Crippen molar-refractivity contribution in [2.45, 2.75) is 32.1 Å². The number of halogens is 1. The molecule has 3 rings (SSSR count). The highest BCUT2D eigenvalue weighted by molar-refractivity contribution is 6.32. The van der Waals surface area contributed by atoms with E-state index in [1.165, 1.54) is 7.11 Å². The molecule has 0 saturated heterocycles. The summed E-state index contributed by atoms with van der Waals surface area (Å²) in [6.07, 6.45) is 0.270. The average Bonchev–Trinajstić information content (AvgIpc) is 3.03. The average molecular weight is 608 g/mol. The number of benzene rings is 2. The minimum Gasteiger partial charge on any atom is -0.461 e. The van der Waals surface area contributed by atoms with Crippen molar-refractivity contribution < 1.29 is 33.4 Å². The SMILES string of the molecule is COCCN(CCC=O)c1nc(C(=O)N[C@H](CC(=O)OCc2ccccc2)C(=O)OCc2ccccc2)c(Cl)nc1C#N. The summed E-state index contributed by atoms with van der Waals surface area (Å²) in [6.45, 7) is 0.500. The second-order valence-electron chi connectivity index (χ2n) is 9.05. The van der Waals surface area contributed by atoms with E-state index in [0.717, 1.165) is 5.56 Å². The first kappa shape index (κ1) is 32.7. The molecule has 0 fully saturated rings. The molecule has 1 aromatic heterocycles. The fourth-order valence-electron chi connectivity index (χ4n) is 3.79. The number of anilines is 1. The molecular weight excluding hydrogens is 578 g/mol. The van der Waals surface area contributed by atoms with Gasteiger partial charge >= 0.3 is 11.9 Å². The Hall–Kier alpha value is -4.86. The maximum absolute atomic E-state index is 13.4. The Balaban J connectivity index is 1.84. The summed E-state index contributed by atoms with van der Waals surface area (Å²) in [6, 6.07) is 18.2. The monoisotopic (exact) mass is 607 g/mol. The zero-order valence-corrected chi connectivity index (χ0v) is 24.2. The van der Waals surface area contributed by atoms with E-state index in [2.05, 4.69) is 15.3 Å². The van der Waals surface area contributed by atoms with Crippen LogP contribution in [0.3, 0.4) is 0 Å². The number of hydrogen-bond acceptors (Lipinski definition) is 11. The molecule has 0 spiro atoms. The number of aromatic nitrogens is 2. The second kappa shape index (κ2) is 17.2. The van der Waals surface area contributed by atoms with E-state index >= 15 is 0 Å². The fourth-order valence-corrected chi connectivity index (χ4v) is 4.01. The van der Waals surface area contributed by atoms with Gasteiger partial charge < -0.3 is 29.2 Å². The lowest BCUT2D eigenvalue weighted by Gasteiger charge is -2.24. The Morgan fingerprint density at radius 3 is 2.21 bits per heavy atom. The van der Waals surface area contributed by atoms with Gasteiger partial charge in [-0.2, -0.15) is 5.26 Å². The zero-order chi connectivity index (χ0) is 31.0. The maximum Gasteiger partial charge on any atom is 0.329 e. The van der Waals surface area contributed by atoms with Crippen LogP contribution in [-0.4, -0.2) is 66.9 Å². The minimum atomic E-state index is -1.46. The summed E-state index contributed by atoms with van der Waals surface area (Å²) in [5.74, 6) is -2.59. The van der Waals surface area contributed by atoms with Crippen LogP contribution in [0.2, 0.25) is 5.15 Å². The van der Waals surface area contributed by atoms with Gasteiger partial charge in [0.2, 0.25) is 0 Å². The van der Waals surface area contributed by atoms with Gasteiger partial charge in [0.15, 0.2) is 22.4 Å². The van der Waals surface area contributed by atoms with Crippen LogP contribution in [0.15, 0.2) is 60.7 Å². The third-order valence-corrected chi connectivity index (χ3v) is 6.23. The van der Waals surface area contributed by atoms with Gasteiger partial charge in [0, 0.05) is 26.6 Å². The summed E-state index contributed by atoms with van der Waals surface area (Å²) < 4.78 is 15.8.